The molecule has 3 heterocycles. The molecule has 0 unspecified atom stereocenters. The van der Waals surface area contributed by atoms with E-state index in [1.807, 2.05) is 58.8 Å². The Labute approximate surface area is 165 Å². The molecule has 0 saturated heterocycles. The molecule has 0 aliphatic carbocycles. The molecule has 0 atom stereocenters. The van der Waals surface area contributed by atoms with Crippen molar-refractivity contribution in [3.05, 3.63) is 77.8 Å². The molecule has 0 aliphatic rings. The molecular formula is C20H17N3O2S2. The highest BCUT2D eigenvalue weighted by Gasteiger charge is 2.17. The van der Waals surface area contributed by atoms with Gasteiger partial charge in [0.2, 0.25) is 5.91 Å². The van der Waals surface area contributed by atoms with E-state index < -0.39 is 0 Å². The van der Waals surface area contributed by atoms with Gasteiger partial charge in [0.05, 0.1) is 28.8 Å². The standard InChI is InChI=1S/C20H17N3O2S2/c24-18(13-27-20-19-17(8-10-26-19)21-14-22-20)23(12-16-7-4-9-25-16)11-15-5-2-1-3-6-15/h1-10,14H,11-13H2. The van der Waals surface area contributed by atoms with Gasteiger partial charge in [0.1, 0.15) is 17.1 Å². The van der Waals surface area contributed by atoms with Gasteiger partial charge in [-0.05, 0) is 29.1 Å². The van der Waals surface area contributed by atoms with E-state index in [-0.39, 0.29) is 5.91 Å². The van der Waals surface area contributed by atoms with Crippen LogP contribution in [-0.4, -0.2) is 26.5 Å². The van der Waals surface area contributed by atoms with Crippen molar-refractivity contribution < 1.29 is 9.21 Å². The van der Waals surface area contributed by atoms with E-state index in [0.717, 1.165) is 26.6 Å². The third-order valence-corrected chi connectivity index (χ3v) is 6.05. The maximum absolute atomic E-state index is 12.9. The molecule has 4 rings (SSSR count). The van der Waals surface area contributed by atoms with Crippen LogP contribution in [-0.2, 0) is 17.9 Å². The summed E-state index contributed by atoms with van der Waals surface area (Å²) in [5.41, 5.74) is 2.01. The minimum absolute atomic E-state index is 0.0450. The third-order valence-electron chi connectivity index (χ3n) is 4.04. The molecule has 7 heteroatoms. The molecule has 1 aromatic carbocycles. The molecule has 5 nitrogen and oxygen atoms in total. The fourth-order valence-corrected chi connectivity index (χ4v) is 4.57. The Bertz CT molecular complexity index is 1020. The number of thiophene rings is 1. The van der Waals surface area contributed by atoms with Gasteiger partial charge in [-0.1, -0.05) is 42.1 Å². The maximum atomic E-state index is 12.9. The largest absolute Gasteiger partial charge is 0.467 e. The summed E-state index contributed by atoms with van der Waals surface area (Å²) < 4.78 is 6.47. The van der Waals surface area contributed by atoms with Gasteiger partial charge in [0.25, 0.3) is 0 Å². The first-order valence-electron chi connectivity index (χ1n) is 8.44. The van der Waals surface area contributed by atoms with Crippen LogP contribution in [0.3, 0.4) is 0 Å². The number of furan rings is 1. The number of amides is 1. The smallest absolute Gasteiger partial charge is 0.233 e. The summed E-state index contributed by atoms with van der Waals surface area (Å²) in [5, 5.41) is 2.84. The second kappa shape index (κ2) is 8.37. The first-order valence-corrected chi connectivity index (χ1v) is 10.3. The molecule has 4 aromatic rings. The van der Waals surface area contributed by atoms with Gasteiger partial charge in [0, 0.05) is 6.54 Å². The van der Waals surface area contributed by atoms with E-state index in [1.165, 1.54) is 11.8 Å². The number of benzene rings is 1. The van der Waals surface area contributed by atoms with E-state index in [0.29, 0.717) is 18.8 Å². The summed E-state index contributed by atoms with van der Waals surface area (Å²) in [4.78, 5) is 23.3. The summed E-state index contributed by atoms with van der Waals surface area (Å²) in [6.45, 7) is 0.985. The van der Waals surface area contributed by atoms with Crippen LogP contribution in [0.4, 0.5) is 0 Å². The number of carbonyl (C=O) groups excluding carboxylic acids is 1. The maximum Gasteiger partial charge on any atom is 0.233 e. The molecule has 1 amide bonds. The molecule has 0 spiro atoms. The number of thioether (sulfide) groups is 1. The number of fused-ring (bicyclic) bond motifs is 1. The van der Waals surface area contributed by atoms with Crippen molar-refractivity contribution >= 4 is 39.2 Å². The van der Waals surface area contributed by atoms with Crippen LogP contribution in [0.1, 0.15) is 11.3 Å². The predicted molar refractivity (Wildman–Crippen MR) is 108 cm³/mol. The monoisotopic (exact) mass is 395 g/mol. The second-order valence-electron chi connectivity index (χ2n) is 5.92. The van der Waals surface area contributed by atoms with Gasteiger partial charge >= 0.3 is 0 Å². The van der Waals surface area contributed by atoms with Gasteiger partial charge in [-0.2, -0.15) is 0 Å². The Morgan fingerprint density at radius 1 is 1.07 bits per heavy atom. The number of rotatable bonds is 7. The van der Waals surface area contributed by atoms with Gasteiger partial charge in [0.15, 0.2) is 0 Å². The zero-order chi connectivity index (χ0) is 18.5. The van der Waals surface area contributed by atoms with Gasteiger partial charge in [-0.25, -0.2) is 9.97 Å². The summed E-state index contributed by atoms with van der Waals surface area (Å²) in [6, 6.07) is 15.7. The Kier molecular flexibility index (Phi) is 5.50. The summed E-state index contributed by atoms with van der Waals surface area (Å²) in [7, 11) is 0. The van der Waals surface area contributed by atoms with Crippen LogP contribution < -0.4 is 0 Å². The van der Waals surface area contributed by atoms with Crippen molar-refractivity contribution in [3.63, 3.8) is 0 Å². The van der Waals surface area contributed by atoms with Crippen LogP contribution >= 0.6 is 23.1 Å². The van der Waals surface area contributed by atoms with Crippen molar-refractivity contribution in [1.29, 1.82) is 0 Å². The van der Waals surface area contributed by atoms with Crippen LogP contribution in [0.25, 0.3) is 10.2 Å². The summed E-state index contributed by atoms with van der Waals surface area (Å²) >= 11 is 3.05. The fraction of sp³-hybridized carbons (Fsp3) is 0.150. The van der Waals surface area contributed by atoms with Crippen molar-refractivity contribution in [2.75, 3.05) is 5.75 Å². The van der Waals surface area contributed by atoms with Crippen molar-refractivity contribution in [2.45, 2.75) is 18.1 Å². The molecule has 136 valence electrons. The lowest BCUT2D eigenvalue weighted by molar-refractivity contribution is -0.129. The number of carbonyl (C=O) groups is 1. The average molecular weight is 396 g/mol. The zero-order valence-corrected chi connectivity index (χ0v) is 16.1. The lowest BCUT2D eigenvalue weighted by Crippen LogP contribution is -2.31. The van der Waals surface area contributed by atoms with Crippen molar-refractivity contribution in [3.8, 4) is 0 Å². The first kappa shape index (κ1) is 17.8. The molecule has 3 aromatic heterocycles. The molecule has 27 heavy (non-hydrogen) atoms. The van der Waals surface area contributed by atoms with Crippen LogP contribution in [0.5, 0.6) is 0 Å². The highest BCUT2D eigenvalue weighted by molar-refractivity contribution is 8.00. The number of nitrogens with zero attached hydrogens (tertiary/aromatic N) is 3. The lowest BCUT2D eigenvalue weighted by atomic mass is 10.2. The Morgan fingerprint density at radius 3 is 2.78 bits per heavy atom. The van der Waals surface area contributed by atoms with Gasteiger partial charge < -0.3 is 9.32 Å². The highest BCUT2D eigenvalue weighted by Crippen LogP contribution is 2.29. The summed E-state index contributed by atoms with van der Waals surface area (Å²) in [5.74, 6) is 1.13. The number of hydrogen-bond donors (Lipinski definition) is 0. The molecule has 0 bridgehead atoms. The van der Waals surface area contributed by atoms with Crippen molar-refractivity contribution in [1.82, 2.24) is 14.9 Å². The fourth-order valence-electron chi connectivity index (χ4n) is 2.72. The van der Waals surface area contributed by atoms with Gasteiger partial charge in [-0.3, -0.25) is 4.79 Å². The van der Waals surface area contributed by atoms with E-state index in [9.17, 15) is 4.79 Å². The van der Waals surface area contributed by atoms with Crippen molar-refractivity contribution in [2.24, 2.45) is 0 Å². The van der Waals surface area contributed by atoms with Gasteiger partial charge in [-0.15, -0.1) is 11.3 Å². The number of aromatic nitrogens is 2. The normalized spacial score (nSPS) is 11.0. The van der Waals surface area contributed by atoms with E-state index in [1.54, 1.807) is 23.9 Å². The Hall–Kier alpha value is -2.64. The number of hydrogen-bond acceptors (Lipinski definition) is 6. The van der Waals surface area contributed by atoms with E-state index >= 15 is 0 Å². The summed E-state index contributed by atoms with van der Waals surface area (Å²) in [6.07, 6.45) is 3.18. The SMILES string of the molecule is O=C(CSc1ncnc2ccsc12)N(Cc1ccccc1)Cc1ccco1. The molecular weight excluding hydrogens is 378 g/mol. The first-order chi connectivity index (χ1) is 13.3. The topological polar surface area (TPSA) is 59.2 Å². The molecule has 0 N–H and O–H groups in total. The highest BCUT2D eigenvalue weighted by atomic mass is 32.2. The molecule has 0 saturated carbocycles. The molecule has 0 fully saturated rings. The van der Waals surface area contributed by atoms with Crippen LogP contribution in [0.2, 0.25) is 0 Å². The van der Waals surface area contributed by atoms with E-state index in [4.69, 9.17) is 4.42 Å². The minimum atomic E-state index is 0.0450. The van der Waals surface area contributed by atoms with Crippen LogP contribution in [0, 0.1) is 0 Å². The Balaban J connectivity index is 1.48. The second-order valence-corrected chi connectivity index (χ2v) is 7.80. The average Bonchev–Trinajstić information content (AvgIpc) is 3.38. The third kappa shape index (κ3) is 4.37. The minimum Gasteiger partial charge on any atom is -0.467 e. The van der Waals surface area contributed by atoms with E-state index in [2.05, 4.69) is 9.97 Å². The van der Waals surface area contributed by atoms with Crippen LogP contribution in [0.15, 0.2) is 75.9 Å². The predicted octanol–water partition coefficient (Wildman–Crippen LogP) is 4.61. The zero-order valence-electron chi connectivity index (χ0n) is 14.4. The molecule has 0 aliphatic heterocycles. The Morgan fingerprint density at radius 2 is 1.96 bits per heavy atom. The lowest BCUT2D eigenvalue weighted by Gasteiger charge is -2.21. The quantitative estimate of drug-likeness (QED) is 0.338. The molecule has 0 radical (unpaired) electrons.